The standard InChI is InChI=1S/C15H24N2/c1-12-5-6-15(13(2)11-12)17-10-4-8-16-9-7-14(17)3/h5-6,11,14,16H,4,7-10H2,1-3H3. The second-order valence-electron chi connectivity index (χ2n) is 5.22. The van der Waals surface area contributed by atoms with Gasteiger partial charge in [-0.05, 0) is 58.3 Å². The molecule has 0 aromatic heterocycles. The molecule has 1 fully saturated rings. The topological polar surface area (TPSA) is 15.3 Å². The van der Waals surface area contributed by atoms with Crippen molar-refractivity contribution in [1.82, 2.24) is 5.32 Å². The molecule has 1 saturated heterocycles. The average Bonchev–Trinajstić information content (AvgIpc) is 2.26. The maximum Gasteiger partial charge on any atom is 0.0398 e. The van der Waals surface area contributed by atoms with Crippen LogP contribution in [0.1, 0.15) is 30.9 Å². The molecule has 2 rings (SSSR count). The van der Waals surface area contributed by atoms with E-state index in [0.717, 1.165) is 19.6 Å². The van der Waals surface area contributed by atoms with Crippen molar-refractivity contribution in [2.75, 3.05) is 24.5 Å². The van der Waals surface area contributed by atoms with Crippen LogP contribution in [0.15, 0.2) is 18.2 Å². The summed E-state index contributed by atoms with van der Waals surface area (Å²) in [7, 11) is 0. The van der Waals surface area contributed by atoms with E-state index < -0.39 is 0 Å². The van der Waals surface area contributed by atoms with Crippen molar-refractivity contribution >= 4 is 5.69 Å². The van der Waals surface area contributed by atoms with E-state index in [2.05, 4.69) is 49.2 Å². The number of hydrogen-bond donors (Lipinski definition) is 1. The number of nitrogens with zero attached hydrogens (tertiary/aromatic N) is 1. The van der Waals surface area contributed by atoms with Crippen LogP contribution in [0.4, 0.5) is 5.69 Å². The van der Waals surface area contributed by atoms with E-state index in [9.17, 15) is 0 Å². The number of benzene rings is 1. The van der Waals surface area contributed by atoms with Crippen LogP contribution in [0.25, 0.3) is 0 Å². The van der Waals surface area contributed by atoms with Gasteiger partial charge in [-0.15, -0.1) is 0 Å². The fourth-order valence-corrected chi connectivity index (χ4v) is 2.67. The van der Waals surface area contributed by atoms with Crippen LogP contribution in [0, 0.1) is 13.8 Å². The van der Waals surface area contributed by atoms with Crippen LogP contribution in [-0.2, 0) is 0 Å². The van der Waals surface area contributed by atoms with Gasteiger partial charge >= 0.3 is 0 Å². The summed E-state index contributed by atoms with van der Waals surface area (Å²) in [5.74, 6) is 0. The maximum atomic E-state index is 3.49. The van der Waals surface area contributed by atoms with Crippen molar-refractivity contribution < 1.29 is 0 Å². The van der Waals surface area contributed by atoms with Gasteiger partial charge in [-0.3, -0.25) is 0 Å². The first-order chi connectivity index (χ1) is 8.18. The van der Waals surface area contributed by atoms with Crippen LogP contribution in [0.2, 0.25) is 0 Å². The zero-order valence-electron chi connectivity index (χ0n) is 11.3. The molecule has 0 saturated carbocycles. The zero-order valence-corrected chi connectivity index (χ0v) is 11.3. The summed E-state index contributed by atoms with van der Waals surface area (Å²) in [6.07, 6.45) is 2.46. The Hall–Kier alpha value is -1.02. The average molecular weight is 232 g/mol. The van der Waals surface area contributed by atoms with E-state index in [0.29, 0.717) is 6.04 Å². The fraction of sp³-hybridized carbons (Fsp3) is 0.600. The van der Waals surface area contributed by atoms with Crippen LogP contribution in [-0.4, -0.2) is 25.7 Å². The van der Waals surface area contributed by atoms with Crippen molar-refractivity contribution in [2.45, 2.75) is 39.7 Å². The Balaban J connectivity index is 2.22. The van der Waals surface area contributed by atoms with Crippen LogP contribution in [0.5, 0.6) is 0 Å². The van der Waals surface area contributed by atoms with Crippen molar-refractivity contribution in [3.05, 3.63) is 29.3 Å². The summed E-state index contributed by atoms with van der Waals surface area (Å²) in [6, 6.07) is 7.44. The number of anilines is 1. The van der Waals surface area contributed by atoms with Crippen LogP contribution in [0.3, 0.4) is 0 Å². The molecule has 1 aromatic carbocycles. The largest absolute Gasteiger partial charge is 0.369 e. The maximum absolute atomic E-state index is 3.49. The molecule has 0 aliphatic carbocycles. The quantitative estimate of drug-likeness (QED) is 0.801. The first-order valence-electron chi connectivity index (χ1n) is 6.73. The van der Waals surface area contributed by atoms with Gasteiger partial charge in [-0.25, -0.2) is 0 Å². The van der Waals surface area contributed by atoms with Gasteiger partial charge in [0.1, 0.15) is 0 Å². The smallest absolute Gasteiger partial charge is 0.0398 e. The Bertz CT molecular complexity index is 373. The third kappa shape index (κ3) is 3.01. The molecule has 2 heteroatoms. The first kappa shape index (κ1) is 12.4. The summed E-state index contributed by atoms with van der Waals surface area (Å²) in [6.45, 7) is 10.2. The third-order valence-corrected chi connectivity index (χ3v) is 3.69. The van der Waals surface area contributed by atoms with Crippen molar-refractivity contribution in [3.63, 3.8) is 0 Å². The molecule has 1 aromatic rings. The highest BCUT2D eigenvalue weighted by atomic mass is 15.2. The van der Waals surface area contributed by atoms with E-state index in [1.165, 1.54) is 29.7 Å². The molecule has 1 aliphatic rings. The fourth-order valence-electron chi connectivity index (χ4n) is 2.67. The molecular weight excluding hydrogens is 208 g/mol. The molecule has 94 valence electrons. The summed E-state index contributed by atoms with van der Waals surface area (Å²) in [5.41, 5.74) is 4.18. The van der Waals surface area contributed by atoms with E-state index >= 15 is 0 Å². The summed E-state index contributed by atoms with van der Waals surface area (Å²) >= 11 is 0. The van der Waals surface area contributed by atoms with Gasteiger partial charge in [-0.2, -0.15) is 0 Å². The van der Waals surface area contributed by atoms with Crippen LogP contribution < -0.4 is 10.2 Å². The lowest BCUT2D eigenvalue weighted by atomic mass is 10.1. The van der Waals surface area contributed by atoms with Crippen molar-refractivity contribution in [2.24, 2.45) is 0 Å². The Labute approximate surface area is 105 Å². The van der Waals surface area contributed by atoms with Gasteiger partial charge in [0.05, 0.1) is 0 Å². The molecule has 1 N–H and O–H groups in total. The lowest BCUT2D eigenvalue weighted by Gasteiger charge is -2.34. The first-order valence-corrected chi connectivity index (χ1v) is 6.73. The highest BCUT2D eigenvalue weighted by Gasteiger charge is 2.17. The third-order valence-electron chi connectivity index (χ3n) is 3.69. The predicted octanol–water partition coefficient (Wildman–Crippen LogP) is 2.88. The summed E-state index contributed by atoms with van der Waals surface area (Å²) < 4.78 is 0. The number of hydrogen-bond acceptors (Lipinski definition) is 2. The van der Waals surface area contributed by atoms with Crippen molar-refractivity contribution in [3.8, 4) is 0 Å². The highest BCUT2D eigenvalue weighted by molar-refractivity contribution is 5.55. The molecule has 1 atom stereocenters. The molecule has 1 unspecified atom stereocenters. The van der Waals surface area contributed by atoms with Gasteiger partial charge in [0.15, 0.2) is 0 Å². The number of nitrogens with one attached hydrogen (secondary N) is 1. The summed E-state index contributed by atoms with van der Waals surface area (Å²) in [4.78, 5) is 2.58. The molecule has 0 spiro atoms. The molecular formula is C15H24N2. The Morgan fingerprint density at radius 2 is 2.06 bits per heavy atom. The van der Waals surface area contributed by atoms with Crippen molar-refractivity contribution in [1.29, 1.82) is 0 Å². The second-order valence-corrected chi connectivity index (χ2v) is 5.22. The normalized spacial score (nSPS) is 22.1. The van der Waals surface area contributed by atoms with Gasteiger partial charge in [0.25, 0.3) is 0 Å². The highest BCUT2D eigenvalue weighted by Crippen LogP contribution is 2.24. The molecule has 2 nitrogen and oxygen atoms in total. The van der Waals surface area contributed by atoms with Crippen LogP contribution >= 0.6 is 0 Å². The predicted molar refractivity (Wildman–Crippen MR) is 74.8 cm³/mol. The Morgan fingerprint density at radius 1 is 1.24 bits per heavy atom. The number of rotatable bonds is 1. The van der Waals surface area contributed by atoms with Gasteiger partial charge in [0.2, 0.25) is 0 Å². The lowest BCUT2D eigenvalue weighted by Crippen LogP contribution is -2.40. The van der Waals surface area contributed by atoms with Gasteiger partial charge in [-0.1, -0.05) is 17.7 Å². The lowest BCUT2D eigenvalue weighted by molar-refractivity contribution is 0.499. The van der Waals surface area contributed by atoms with E-state index in [1.807, 2.05) is 0 Å². The second kappa shape index (κ2) is 5.54. The Morgan fingerprint density at radius 3 is 2.82 bits per heavy atom. The molecule has 1 aliphatic heterocycles. The minimum atomic E-state index is 0.629. The number of aryl methyl sites for hydroxylation is 2. The summed E-state index contributed by atoms with van der Waals surface area (Å²) in [5, 5.41) is 3.49. The van der Waals surface area contributed by atoms with E-state index in [-0.39, 0.29) is 0 Å². The minimum absolute atomic E-state index is 0.629. The van der Waals surface area contributed by atoms with E-state index in [1.54, 1.807) is 0 Å². The molecule has 0 bridgehead atoms. The minimum Gasteiger partial charge on any atom is -0.369 e. The monoisotopic (exact) mass is 232 g/mol. The SMILES string of the molecule is Cc1ccc(N2CCCNCCC2C)c(C)c1. The Kier molecular flexibility index (Phi) is 4.06. The zero-order chi connectivity index (χ0) is 12.3. The molecule has 0 amide bonds. The van der Waals surface area contributed by atoms with Gasteiger partial charge < -0.3 is 10.2 Å². The molecule has 1 heterocycles. The van der Waals surface area contributed by atoms with E-state index in [4.69, 9.17) is 0 Å². The molecule has 0 radical (unpaired) electrons. The van der Waals surface area contributed by atoms with Gasteiger partial charge in [0, 0.05) is 18.3 Å². The molecule has 17 heavy (non-hydrogen) atoms.